The number of carbonyl (C=O) groups excluding carboxylic acids is 3. The van der Waals surface area contributed by atoms with Gasteiger partial charge < -0.3 is 26.0 Å². The molecule has 0 saturated carbocycles. The van der Waals surface area contributed by atoms with E-state index >= 15 is 0 Å². The number of carbonyl (C=O) groups is 3. The Morgan fingerprint density at radius 2 is 1.74 bits per heavy atom. The first kappa shape index (κ1) is 31.8. The third kappa shape index (κ3) is 8.06. The highest BCUT2D eigenvalue weighted by molar-refractivity contribution is 6.00. The fourth-order valence-corrected chi connectivity index (χ4v) is 5.39. The molecule has 3 amide bonds. The fraction of sp³-hybridized carbons (Fsp3) is 0.382. The highest BCUT2D eigenvalue weighted by Crippen LogP contribution is 2.26. The average Bonchev–Trinajstić information content (AvgIpc) is 3.09. The van der Waals surface area contributed by atoms with Crippen molar-refractivity contribution >= 4 is 17.7 Å². The molecule has 0 aromatic heterocycles. The maximum atomic E-state index is 14.2. The molecule has 3 atom stereocenters. The number of fused-ring (bicyclic) bond motifs is 1. The lowest BCUT2D eigenvalue weighted by molar-refractivity contribution is -0.137. The van der Waals surface area contributed by atoms with Crippen molar-refractivity contribution < 1.29 is 23.9 Å². The molecule has 1 aliphatic heterocycles. The first-order chi connectivity index (χ1) is 20.6. The molecule has 4 rings (SSSR count). The summed E-state index contributed by atoms with van der Waals surface area (Å²) in [5.41, 5.74) is 4.66. The van der Waals surface area contributed by atoms with E-state index in [4.69, 9.17) is 0 Å². The molecule has 0 fully saturated rings. The van der Waals surface area contributed by atoms with Gasteiger partial charge in [0.25, 0.3) is 5.91 Å². The minimum Gasteiger partial charge on any atom is -0.392 e. The predicted molar refractivity (Wildman–Crippen MR) is 164 cm³/mol. The highest BCUT2D eigenvalue weighted by atomic mass is 19.1. The fourth-order valence-electron chi connectivity index (χ4n) is 5.39. The van der Waals surface area contributed by atoms with Crippen LogP contribution < -0.4 is 16.0 Å². The number of nitrogens with one attached hydrogen (secondary N) is 3. The van der Waals surface area contributed by atoms with E-state index in [1.165, 1.54) is 12.1 Å². The van der Waals surface area contributed by atoms with Crippen molar-refractivity contribution in [2.75, 3.05) is 13.1 Å². The van der Waals surface area contributed by atoms with Crippen LogP contribution in [0.15, 0.2) is 66.7 Å². The number of amides is 3. The van der Waals surface area contributed by atoms with Crippen LogP contribution in [-0.4, -0.2) is 59.0 Å². The van der Waals surface area contributed by atoms with Crippen molar-refractivity contribution in [3.05, 3.63) is 94.8 Å². The van der Waals surface area contributed by atoms with Crippen LogP contribution in [0.4, 0.5) is 4.39 Å². The normalized spacial score (nSPS) is 16.3. The average molecular weight is 589 g/mol. The molecule has 9 heteroatoms. The van der Waals surface area contributed by atoms with Crippen molar-refractivity contribution in [3.63, 3.8) is 0 Å². The Bertz CT molecular complexity index is 1440. The molecule has 0 radical (unpaired) electrons. The smallest absolute Gasteiger partial charge is 0.251 e. The van der Waals surface area contributed by atoms with Crippen LogP contribution in [0.5, 0.6) is 0 Å². The summed E-state index contributed by atoms with van der Waals surface area (Å²) in [7, 11) is 0. The molecular formula is C34H41FN4O4. The second-order valence-corrected chi connectivity index (χ2v) is 11.5. The molecule has 1 aliphatic rings. The quantitative estimate of drug-likeness (QED) is 0.272. The van der Waals surface area contributed by atoms with Crippen molar-refractivity contribution in [1.29, 1.82) is 0 Å². The summed E-state index contributed by atoms with van der Waals surface area (Å²) in [6.45, 7) is 8.62. The number of aliphatic hydroxyl groups excluding tert-OH is 1. The summed E-state index contributed by atoms with van der Waals surface area (Å²) >= 11 is 0. The molecule has 8 nitrogen and oxygen atoms in total. The molecule has 228 valence electrons. The lowest BCUT2D eigenvalue weighted by Crippen LogP contribution is -2.55. The van der Waals surface area contributed by atoms with E-state index in [2.05, 4.69) is 16.0 Å². The van der Waals surface area contributed by atoms with Gasteiger partial charge in [-0.1, -0.05) is 62.4 Å². The maximum Gasteiger partial charge on any atom is 0.251 e. The van der Waals surface area contributed by atoms with Gasteiger partial charge in [-0.2, -0.15) is 0 Å². The zero-order valence-corrected chi connectivity index (χ0v) is 25.2. The van der Waals surface area contributed by atoms with E-state index in [1.54, 1.807) is 24.0 Å². The van der Waals surface area contributed by atoms with Crippen LogP contribution in [0.3, 0.4) is 0 Å². The summed E-state index contributed by atoms with van der Waals surface area (Å²) in [5.74, 6) is -1.22. The van der Waals surface area contributed by atoms with Crippen LogP contribution in [0.25, 0.3) is 11.1 Å². The largest absolute Gasteiger partial charge is 0.392 e. The maximum absolute atomic E-state index is 14.2. The van der Waals surface area contributed by atoms with Crippen LogP contribution in [0.2, 0.25) is 0 Å². The van der Waals surface area contributed by atoms with Gasteiger partial charge in [-0.15, -0.1) is 0 Å². The number of benzene rings is 3. The minimum atomic E-state index is -0.881. The van der Waals surface area contributed by atoms with Crippen LogP contribution in [-0.2, 0) is 29.1 Å². The van der Waals surface area contributed by atoms with Gasteiger partial charge in [-0.3, -0.25) is 14.4 Å². The Balaban J connectivity index is 1.57. The van der Waals surface area contributed by atoms with E-state index in [1.807, 2.05) is 63.2 Å². The summed E-state index contributed by atoms with van der Waals surface area (Å²) in [4.78, 5) is 41.5. The molecule has 3 aromatic rings. The Morgan fingerprint density at radius 3 is 2.42 bits per heavy atom. The van der Waals surface area contributed by atoms with Crippen molar-refractivity contribution in [2.45, 2.75) is 65.4 Å². The first-order valence-corrected chi connectivity index (χ1v) is 14.8. The van der Waals surface area contributed by atoms with E-state index in [0.717, 1.165) is 22.3 Å². The summed E-state index contributed by atoms with van der Waals surface area (Å²) < 4.78 is 14.2. The molecule has 4 N–H and O–H groups in total. The minimum absolute atomic E-state index is 0.0860. The van der Waals surface area contributed by atoms with Gasteiger partial charge >= 0.3 is 0 Å². The molecule has 0 aliphatic carbocycles. The first-order valence-electron chi connectivity index (χ1n) is 14.8. The second-order valence-electron chi connectivity index (χ2n) is 11.5. The van der Waals surface area contributed by atoms with Crippen LogP contribution >= 0.6 is 0 Å². The monoisotopic (exact) mass is 588 g/mol. The van der Waals surface area contributed by atoms with Gasteiger partial charge in [0.05, 0.1) is 12.1 Å². The Morgan fingerprint density at radius 1 is 1.02 bits per heavy atom. The number of aliphatic hydroxyl groups is 1. The molecule has 0 bridgehead atoms. The molecule has 0 saturated heterocycles. The van der Waals surface area contributed by atoms with E-state index in [-0.39, 0.29) is 49.7 Å². The summed E-state index contributed by atoms with van der Waals surface area (Å²) in [5, 5.41) is 18.6. The molecule has 1 unspecified atom stereocenters. The Hall–Kier alpha value is -4.08. The standard InChI is InChI=1S/C34H41FN4O4/c1-5-36-32(41)29-9-7-6-8-28(29)24-12-10-23(11-13-24)19-39-20-25-14-15-27(35)16-26(25)17-30(34(39)43)38-33(42)31(21(2)3)37-18-22(4)40/h6-16,21-22,30-31,37,40H,5,17-20H2,1-4H3,(H,36,41)(H,38,42)/t22-,30-,31?/m1/s1. The van der Waals surface area contributed by atoms with E-state index in [0.29, 0.717) is 17.7 Å². The molecule has 0 spiro atoms. The third-order valence-electron chi connectivity index (χ3n) is 7.61. The lowest BCUT2D eigenvalue weighted by Gasteiger charge is -2.28. The van der Waals surface area contributed by atoms with Crippen molar-refractivity contribution in [2.24, 2.45) is 5.92 Å². The molecule has 43 heavy (non-hydrogen) atoms. The Labute approximate surface area is 252 Å². The number of hydrogen-bond acceptors (Lipinski definition) is 5. The van der Waals surface area contributed by atoms with Gasteiger partial charge in [-0.25, -0.2) is 4.39 Å². The predicted octanol–water partition coefficient (Wildman–Crippen LogP) is 3.81. The van der Waals surface area contributed by atoms with Crippen molar-refractivity contribution in [1.82, 2.24) is 20.9 Å². The molecular weight excluding hydrogens is 547 g/mol. The number of rotatable bonds is 11. The zero-order chi connectivity index (χ0) is 31.1. The van der Waals surface area contributed by atoms with Crippen molar-refractivity contribution in [3.8, 4) is 11.1 Å². The number of nitrogens with zero attached hydrogens (tertiary/aromatic N) is 1. The number of hydrogen-bond donors (Lipinski definition) is 4. The zero-order valence-electron chi connectivity index (χ0n) is 25.2. The SMILES string of the molecule is CCNC(=O)c1ccccc1-c1ccc(CN2Cc3ccc(F)cc3C[C@@H](NC(=O)C(NC[C@@H](C)O)C(C)C)C2=O)cc1. The topological polar surface area (TPSA) is 111 Å². The summed E-state index contributed by atoms with van der Waals surface area (Å²) in [6.07, 6.45) is -0.461. The Kier molecular flexibility index (Phi) is 10.7. The lowest BCUT2D eigenvalue weighted by atomic mass is 9.98. The summed E-state index contributed by atoms with van der Waals surface area (Å²) in [6, 6.07) is 18.1. The number of halogens is 1. The van der Waals surface area contributed by atoms with Crippen LogP contribution in [0.1, 0.15) is 54.7 Å². The van der Waals surface area contributed by atoms with Gasteiger partial charge in [0.1, 0.15) is 11.9 Å². The second kappa shape index (κ2) is 14.4. The highest BCUT2D eigenvalue weighted by Gasteiger charge is 2.33. The third-order valence-corrected chi connectivity index (χ3v) is 7.61. The molecule has 3 aromatic carbocycles. The van der Waals surface area contributed by atoms with Crippen LogP contribution in [0, 0.1) is 11.7 Å². The van der Waals surface area contributed by atoms with Gasteiger partial charge in [0, 0.05) is 38.2 Å². The van der Waals surface area contributed by atoms with E-state index in [9.17, 15) is 23.9 Å². The molecule has 1 heterocycles. The van der Waals surface area contributed by atoms with E-state index < -0.39 is 24.0 Å². The van der Waals surface area contributed by atoms with Gasteiger partial charge in [0.2, 0.25) is 11.8 Å². The van der Waals surface area contributed by atoms with Gasteiger partial charge in [-0.05, 0) is 65.8 Å². The van der Waals surface area contributed by atoms with Gasteiger partial charge in [0.15, 0.2) is 0 Å².